The zero-order chi connectivity index (χ0) is 15.2. The molecule has 0 saturated heterocycles. The highest BCUT2D eigenvalue weighted by atomic mass is 16.5. The molecule has 2 rings (SSSR count). The second-order valence-corrected chi connectivity index (χ2v) is 4.76. The maximum absolute atomic E-state index is 12.5. The quantitative estimate of drug-likeness (QED) is 0.853. The molecule has 0 fully saturated rings. The van der Waals surface area contributed by atoms with E-state index in [1.165, 1.54) is 7.11 Å². The highest BCUT2D eigenvalue weighted by Crippen LogP contribution is 2.26. The van der Waals surface area contributed by atoms with Gasteiger partial charge in [0.25, 0.3) is 5.91 Å². The average molecular weight is 285 g/mol. The number of nitrogens with two attached hydrogens (primary N) is 1. The molecule has 2 aromatic rings. The second kappa shape index (κ2) is 6.74. The highest BCUT2D eigenvalue weighted by Gasteiger charge is 2.17. The molecule has 1 heterocycles. The average Bonchev–Trinajstić information content (AvgIpc) is 2.52. The lowest BCUT2D eigenvalue weighted by molar-refractivity contribution is 0.0793. The number of carbonyl (C=O) groups is 1. The fourth-order valence-corrected chi connectivity index (χ4v) is 2.10. The number of aromatic nitrogens is 1. The summed E-state index contributed by atoms with van der Waals surface area (Å²) in [5, 5.41) is 0. The maximum atomic E-state index is 12.5. The van der Waals surface area contributed by atoms with E-state index in [9.17, 15) is 4.79 Å². The fourth-order valence-electron chi connectivity index (χ4n) is 2.10. The molecule has 1 aromatic heterocycles. The number of pyridine rings is 1. The Bertz CT molecular complexity index is 614. The summed E-state index contributed by atoms with van der Waals surface area (Å²) in [6.07, 6.45) is 4.27. The lowest BCUT2D eigenvalue weighted by Crippen LogP contribution is -2.29. The third kappa shape index (κ3) is 3.51. The van der Waals surface area contributed by atoms with Gasteiger partial charge >= 0.3 is 0 Å². The van der Waals surface area contributed by atoms with Crippen molar-refractivity contribution in [3.8, 4) is 5.75 Å². The van der Waals surface area contributed by atoms with Crippen molar-refractivity contribution in [2.75, 3.05) is 26.4 Å². The van der Waals surface area contributed by atoms with Crippen molar-refractivity contribution in [3.63, 3.8) is 0 Å². The Labute approximate surface area is 124 Å². The van der Waals surface area contributed by atoms with E-state index in [2.05, 4.69) is 4.98 Å². The number of hydrogen-bond acceptors (Lipinski definition) is 4. The Kier molecular flexibility index (Phi) is 4.77. The van der Waals surface area contributed by atoms with E-state index in [1.807, 2.05) is 12.1 Å². The Morgan fingerprint density at radius 3 is 2.67 bits per heavy atom. The summed E-state index contributed by atoms with van der Waals surface area (Å²) in [5.74, 6) is 0.325. The van der Waals surface area contributed by atoms with Crippen molar-refractivity contribution in [2.24, 2.45) is 0 Å². The number of ether oxygens (including phenoxy) is 1. The number of benzene rings is 1. The van der Waals surface area contributed by atoms with Gasteiger partial charge in [-0.15, -0.1) is 0 Å². The van der Waals surface area contributed by atoms with Crippen molar-refractivity contribution in [1.82, 2.24) is 9.88 Å². The van der Waals surface area contributed by atoms with Crippen molar-refractivity contribution in [3.05, 3.63) is 53.9 Å². The van der Waals surface area contributed by atoms with Crippen LogP contribution in [0.4, 0.5) is 5.69 Å². The Morgan fingerprint density at radius 2 is 2.00 bits per heavy atom. The van der Waals surface area contributed by atoms with Crippen LogP contribution in [0.15, 0.2) is 42.7 Å². The number of anilines is 1. The summed E-state index contributed by atoms with van der Waals surface area (Å²) in [6.45, 7) is 0.612. The number of likely N-dealkylation sites (N-methyl/N-ethyl adjacent to an activating group) is 1. The third-order valence-corrected chi connectivity index (χ3v) is 3.31. The van der Waals surface area contributed by atoms with E-state index in [-0.39, 0.29) is 5.91 Å². The van der Waals surface area contributed by atoms with Gasteiger partial charge in [-0.3, -0.25) is 9.78 Å². The molecule has 110 valence electrons. The SMILES string of the molecule is COc1c(N)cccc1C(=O)N(C)CCc1ccncc1. The van der Waals surface area contributed by atoms with Crippen LogP contribution in [0, 0.1) is 0 Å². The normalized spacial score (nSPS) is 10.2. The minimum atomic E-state index is -0.104. The van der Waals surface area contributed by atoms with Gasteiger partial charge in [-0.2, -0.15) is 0 Å². The standard InChI is InChI=1S/C16H19N3O2/c1-19(11-8-12-6-9-18-10-7-12)16(20)13-4-3-5-14(17)15(13)21-2/h3-7,9-10H,8,11,17H2,1-2H3. The molecule has 0 saturated carbocycles. The number of amides is 1. The summed E-state index contributed by atoms with van der Waals surface area (Å²) in [7, 11) is 3.28. The van der Waals surface area contributed by atoms with Gasteiger partial charge in [0.05, 0.1) is 18.4 Å². The molecule has 0 atom stereocenters. The largest absolute Gasteiger partial charge is 0.494 e. The van der Waals surface area contributed by atoms with Crippen molar-refractivity contribution < 1.29 is 9.53 Å². The first-order chi connectivity index (χ1) is 10.1. The van der Waals surface area contributed by atoms with Crippen LogP contribution >= 0.6 is 0 Å². The zero-order valence-corrected chi connectivity index (χ0v) is 12.2. The Morgan fingerprint density at radius 1 is 1.29 bits per heavy atom. The molecule has 0 radical (unpaired) electrons. The van der Waals surface area contributed by atoms with Gasteiger partial charge in [0, 0.05) is 26.0 Å². The molecule has 0 bridgehead atoms. The van der Waals surface area contributed by atoms with E-state index in [0.717, 1.165) is 12.0 Å². The predicted octanol–water partition coefficient (Wildman–Crippen LogP) is 1.99. The molecular weight excluding hydrogens is 266 g/mol. The zero-order valence-electron chi connectivity index (χ0n) is 12.2. The van der Waals surface area contributed by atoms with Crippen molar-refractivity contribution in [2.45, 2.75) is 6.42 Å². The van der Waals surface area contributed by atoms with Gasteiger partial charge in [-0.25, -0.2) is 0 Å². The van der Waals surface area contributed by atoms with Gasteiger partial charge in [0.15, 0.2) is 5.75 Å². The number of carbonyl (C=O) groups excluding carboxylic acids is 1. The summed E-state index contributed by atoms with van der Waals surface area (Å²) in [6, 6.07) is 9.08. The number of nitrogen functional groups attached to an aromatic ring is 1. The lowest BCUT2D eigenvalue weighted by Gasteiger charge is -2.19. The molecule has 1 amide bonds. The molecular formula is C16H19N3O2. The minimum Gasteiger partial charge on any atom is -0.494 e. The Balaban J connectivity index is 2.07. The van der Waals surface area contributed by atoms with Gasteiger partial charge in [-0.1, -0.05) is 6.07 Å². The van der Waals surface area contributed by atoms with Crippen LogP contribution < -0.4 is 10.5 Å². The van der Waals surface area contributed by atoms with E-state index in [4.69, 9.17) is 10.5 Å². The smallest absolute Gasteiger partial charge is 0.257 e. The van der Waals surface area contributed by atoms with Crippen LogP contribution in [0.3, 0.4) is 0 Å². The van der Waals surface area contributed by atoms with E-state index in [0.29, 0.717) is 23.5 Å². The van der Waals surface area contributed by atoms with Gasteiger partial charge in [0.1, 0.15) is 0 Å². The van der Waals surface area contributed by atoms with Crippen LogP contribution in [0.2, 0.25) is 0 Å². The number of hydrogen-bond donors (Lipinski definition) is 1. The Hall–Kier alpha value is -2.56. The van der Waals surface area contributed by atoms with Crippen LogP contribution in [0.5, 0.6) is 5.75 Å². The van der Waals surface area contributed by atoms with Crippen LogP contribution in [-0.2, 0) is 6.42 Å². The van der Waals surface area contributed by atoms with E-state index >= 15 is 0 Å². The fraction of sp³-hybridized carbons (Fsp3) is 0.250. The summed E-state index contributed by atoms with van der Waals surface area (Å²) in [5.41, 5.74) is 7.92. The maximum Gasteiger partial charge on any atom is 0.257 e. The lowest BCUT2D eigenvalue weighted by atomic mass is 10.1. The molecule has 2 N–H and O–H groups in total. The van der Waals surface area contributed by atoms with Gasteiger partial charge < -0.3 is 15.4 Å². The van der Waals surface area contributed by atoms with E-state index < -0.39 is 0 Å². The van der Waals surface area contributed by atoms with Crippen molar-refractivity contribution in [1.29, 1.82) is 0 Å². The molecule has 21 heavy (non-hydrogen) atoms. The number of nitrogens with zero attached hydrogens (tertiary/aromatic N) is 2. The molecule has 5 heteroatoms. The number of methoxy groups -OCH3 is 1. The topological polar surface area (TPSA) is 68.5 Å². The molecule has 0 unspecified atom stereocenters. The highest BCUT2D eigenvalue weighted by molar-refractivity contribution is 5.98. The monoisotopic (exact) mass is 285 g/mol. The first-order valence-electron chi connectivity index (χ1n) is 6.70. The van der Waals surface area contributed by atoms with Gasteiger partial charge in [-0.05, 0) is 36.2 Å². The van der Waals surface area contributed by atoms with Crippen LogP contribution in [0.25, 0.3) is 0 Å². The summed E-state index contributed by atoms with van der Waals surface area (Å²) >= 11 is 0. The third-order valence-electron chi connectivity index (χ3n) is 3.31. The van der Waals surface area contributed by atoms with E-state index in [1.54, 1.807) is 42.5 Å². The predicted molar refractivity (Wildman–Crippen MR) is 82.3 cm³/mol. The molecule has 1 aromatic carbocycles. The van der Waals surface area contributed by atoms with Gasteiger partial charge in [0.2, 0.25) is 0 Å². The minimum absolute atomic E-state index is 0.104. The molecule has 0 aliphatic heterocycles. The second-order valence-electron chi connectivity index (χ2n) is 4.76. The molecule has 0 aliphatic carbocycles. The number of para-hydroxylation sites is 1. The molecule has 0 aliphatic rings. The van der Waals surface area contributed by atoms with Crippen LogP contribution in [0.1, 0.15) is 15.9 Å². The summed E-state index contributed by atoms with van der Waals surface area (Å²) in [4.78, 5) is 18.1. The van der Waals surface area contributed by atoms with Crippen LogP contribution in [-0.4, -0.2) is 36.5 Å². The molecule has 0 spiro atoms. The summed E-state index contributed by atoms with van der Waals surface area (Å²) < 4.78 is 5.23. The van der Waals surface area contributed by atoms with Crippen molar-refractivity contribution >= 4 is 11.6 Å². The first-order valence-corrected chi connectivity index (χ1v) is 6.70. The molecule has 5 nitrogen and oxygen atoms in total. The first kappa shape index (κ1) is 14.8. The number of rotatable bonds is 5.